The van der Waals surface area contributed by atoms with E-state index < -0.39 is 6.17 Å². The lowest BCUT2D eigenvalue weighted by atomic mass is 10.1. The van der Waals surface area contributed by atoms with E-state index >= 15 is 0 Å². The van der Waals surface area contributed by atoms with Crippen LogP contribution in [0.4, 0.5) is 4.39 Å². The minimum atomic E-state index is -0.934. The lowest BCUT2D eigenvalue weighted by Gasteiger charge is -2.19. The summed E-state index contributed by atoms with van der Waals surface area (Å²) >= 11 is 0. The average Bonchev–Trinajstić information content (AvgIpc) is 2.92. The zero-order chi connectivity index (χ0) is 9.26. The summed E-state index contributed by atoms with van der Waals surface area (Å²) in [5.41, 5.74) is 0. The Morgan fingerprint density at radius 2 is 2.31 bits per heavy atom. The number of hydrogen-bond donors (Lipinski definition) is 1. The molecule has 0 amide bonds. The van der Waals surface area contributed by atoms with E-state index in [0.717, 1.165) is 18.6 Å². The van der Waals surface area contributed by atoms with Gasteiger partial charge in [-0.1, -0.05) is 0 Å². The highest BCUT2D eigenvalue weighted by Gasteiger charge is 2.26. The lowest BCUT2D eigenvalue weighted by molar-refractivity contribution is 0.201. The van der Waals surface area contributed by atoms with E-state index in [0.29, 0.717) is 6.10 Å². The van der Waals surface area contributed by atoms with Gasteiger partial charge in [0.2, 0.25) is 0 Å². The number of nitrogens with one attached hydrogen (secondary N) is 1. The predicted octanol–water partition coefficient (Wildman–Crippen LogP) is 1.55. The molecule has 0 aromatic heterocycles. The third-order valence-corrected chi connectivity index (χ3v) is 2.29. The van der Waals surface area contributed by atoms with E-state index in [4.69, 9.17) is 4.74 Å². The molecule has 72 valence electrons. The molecular weight excluding hydrogens is 169 g/mol. The van der Waals surface area contributed by atoms with Gasteiger partial charge in [-0.15, -0.1) is 0 Å². The van der Waals surface area contributed by atoms with Crippen molar-refractivity contribution in [2.45, 2.75) is 31.2 Å². The van der Waals surface area contributed by atoms with Gasteiger partial charge in [-0.05, 0) is 38.1 Å². The van der Waals surface area contributed by atoms with Crippen LogP contribution in [-0.2, 0) is 4.74 Å². The fourth-order valence-corrected chi connectivity index (χ4v) is 1.33. The molecule has 0 saturated heterocycles. The van der Waals surface area contributed by atoms with Crippen molar-refractivity contribution in [3.63, 3.8) is 0 Å². The highest BCUT2D eigenvalue weighted by atomic mass is 19.1. The molecule has 1 saturated carbocycles. The molecule has 0 bridgehead atoms. The van der Waals surface area contributed by atoms with Crippen LogP contribution >= 0.6 is 0 Å². The summed E-state index contributed by atoms with van der Waals surface area (Å²) in [6, 6.07) is -0.237. The first-order valence-electron chi connectivity index (χ1n) is 4.67. The Balaban J connectivity index is 1.98. The first-order chi connectivity index (χ1) is 6.29. The fraction of sp³-hybridized carbons (Fsp3) is 0.600. The second-order valence-corrected chi connectivity index (χ2v) is 3.50. The van der Waals surface area contributed by atoms with E-state index in [1.807, 2.05) is 6.08 Å². The minimum absolute atomic E-state index is 0.237. The molecule has 0 radical (unpaired) electrons. The van der Waals surface area contributed by atoms with Crippen molar-refractivity contribution in [2.24, 2.45) is 0 Å². The van der Waals surface area contributed by atoms with Gasteiger partial charge in [0.25, 0.3) is 0 Å². The maximum absolute atomic E-state index is 13.1. The number of ether oxygens (including phenoxy) is 1. The zero-order valence-electron chi connectivity index (χ0n) is 7.66. The Kier molecular flexibility index (Phi) is 2.36. The van der Waals surface area contributed by atoms with Crippen molar-refractivity contribution in [3.8, 4) is 0 Å². The Labute approximate surface area is 77.5 Å². The minimum Gasteiger partial charge on any atom is -0.491 e. The van der Waals surface area contributed by atoms with Crippen LogP contribution in [0.2, 0.25) is 0 Å². The zero-order valence-corrected chi connectivity index (χ0v) is 7.66. The molecule has 1 N–H and O–H groups in total. The van der Waals surface area contributed by atoms with Gasteiger partial charge in [-0.3, -0.25) is 0 Å². The molecule has 13 heavy (non-hydrogen) atoms. The van der Waals surface area contributed by atoms with Crippen LogP contribution in [-0.4, -0.2) is 25.4 Å². The van der Waals surface area contributed by atoms with Crippen molar-refractivity contribution in [3.05, 3.63) is 24.0 Å². The van der Waals surface area contributed by atoms with E-state index in [9.17, 15) is 4.39 Å². The molecule has 1 fully saturated rings. The van der Waals surface area contributed by atoms with Crippen molar-refractivity contribution >= 4 is 0 Å². The second-order valence-electron chi connectivity index (χ2n) is 3.50. The number of hydrogen-bond acceptors (Lipinski definition) is 2. The number of rotatable bonds is 3. The molecule has 0 spiro atoms. The lowest BCUT2D eigenvalue weighted by Crippen LogP contribution is -2.34. The Morgan fingerprint density at radius 3 is 2.92 bits per heavy atom. The molecule has 0 heterocycles. The molecule has 0 aromatic carbocycles. The first kappa shape index (κ1) is 8.75. The van der Waals surface area contributed by atoms with Crippen LogP contribution in [0.15, 0.2) is 24.0 Å². The maximum Gasteiger partial charge on any atom is 0.138 e. The van der Waals surface area contributed by atoms with Gasteiger partial charge < -0.3 is 10.1 Å². The summed E-state index contributed by atoms with van der Waals surface area (Å²) in [7, 11) is 1.75. The van der Waals surface area contributed by atoms with Crippen LogP contribution in [0.1, 0.15) is 12.8 Å². The predicted molar refractivity (Wildman–Crippen MR) is 49.1 cm³/mol. The van der Waals surface area contributed by atoms with Gasteiger partial charge in [-0.25, -0.2) is 4.39 Å². The van der Waals surface area contributed by atoms with Gasteiger partial charge in [-0.2, -0.15) is 0 Å². The quantitative estimate of drug-likeness (QED) is 0.716. The molecule has 0 aliphatic heterocycles. The van der Waals surface area contributed by atoms with Gasteiger partial charge in [0.05, 0.1) is 12.1 Å². The van der Waals surface area contributed by atoms with Crippen LogP contribution in [0.25, 0.3) is 0 Å². The Bertz CT molecular complexity index is 245. The van der Waals surface area contributed by atoms with Crippen LogP contribution in [0.5, 0.6) is 0 Å². The fourth-order valence-electron chi connectivity index (χ4n) is 1.33. The highest BCUT2D eigenvalue weighted by molar-refractivity contribution is 5.24. The molecule has 2 atom stereocenters. The van der Waals surface area contributed by atoms with Gasteiger partial charge in [0, 0.05) is 0 Å². The maximum atomic E-state index is 13.1. The number of likely N-dealkylation sites (N-methyl/N-ethyl adjacent to an activating group) is 1. The van der Waals surface area contributed by atoms with E-state index in [1.54, 1.807) is 19.2 Å². The molecule has 2 unspecified atom stereocenters. The summed E-state index contributed by atoms with van der Waals surface area (Å²) in [5, 5.41) is 2.89. The van der Waals surface area contributed by atoms with Crippen molar-refractivity contribution < 1.29 is 9.13 Å². The van der Waals surface area contributed by atoms with Gasteiger partial charge in [0.15, 0.2) is 0 Å². The monoisotopic (exact) mass is 183 g/mol. The van der Waals surface area contributed by atoms with Crippen molar-refractivity contribution in [2.75, 3.05) is 7.05 Å². The highest BCUT2D eigenvalue weighted by Crippen LogP contribution is 2.28. The van der Waals surface area contributed by atoms with Crippen molar-refractivity contribution in [1.82, 2.24) is 5.32 Å². The first-order valence-corrected chi connectivity index (χ1v) is 4.67. The molecule has 3 heteroatoms. The van der Waals surface area contributed by atoms with Gasteiger partial charge in [0.1, 0.15) is 11.9 Å². The molecular formula is C10H14FNO. The van der Waals surface area contributed by atoms with Crippen molar-refractivity contribution in [1.29, 1.82) is 0 Å². The molecule has 2 aliphatic carbocycles. The van der Waals surface area contributed by atoms with Gasteiger partial charge >= 0.3 is 0 Å². The smallest absolute Gasteiger partial charge is 0.138 e. The largest absolute Gasteiger partial charge is 0.491 e. The van der Waals surface area contributed by atoms with E-state index in [1.165, 1.54) is 0 Å². The summed E-state index contributed by atoms with van der Waals surface area (Å²) in [6.45, 7) is 0. The van der Waals surface area contributed by atoms with E-state index in [2.05, 4.69) is 5.32 Å². The number of halogens is 1. The third kappa shape index (κ3) is 2.10. The standard InChI is InChI=1S/C10H14FNO/c1-12-10-6-8(4-5-9(10)11)13-7-2-3-7/h4-7,9-10,12H,2-3H2,1H3. The molecule has 2 aliphatic rings. The Hall–Kier alpha value is -0.830. The summed E-state index contributed by atoms with van der Waals surface area (Å²) < 4.78 is 18.7. The Morgan fingerprint density at radius 1 is 1.54 bits per heavy atom. The molecule has 2 nitrogen and oxygen atoms in total. The second kappa shape index (κ2) is 3.50. The van der Waals surface area contributed by atoms with Crippen LogP contribution in [0.3, 0.4) is 0 Å². The van der Waals surface area contributed by atoms with Crippen LogP contribution < -0.4 is 5.32 Å². The average molecular weight is 183 g/mol. The SMILES string of the molecule is CNC1C=C(OC2CC2)C=CC1F. The van der Waals surface area contributed by atoms with E-state index in [-0.39, 0.29) is 6.04 Å². The summed E-state index contributed by atoms with van der Waals surface area (Å²) in [5.74, 6) is 0.802. The summed E-state index contributed by atoms with van der Waals surface area (Å²) in [6.07, 6.45) is 6.78. The number of alkyl halides is 1. The summed E-state index contributed by atoms with van der Waals surface area (Å²) in [4.78, 5) is 0. The molecule has 0 aromatic rings. The number of allylic oxidation sites excluding steroid dienone is 1. The third-order valence-electron chi connectivity index (χ3n) is 2.29. The van der Waals surface area contributed by atoms with Crippen LogP contribution in [0, 0.1) is 0 Å². The molecule has 2 rings (SSSR count). The topological polar surface area (TPSA) is 21.3 Å². The normalized spacial score (nSPS) is 32.9.